The highest BCUT2D eigenvalue weighted by Crippen LogP contribution is 2.15. The van der Waals surface area contributed by atoms with Crippen LogP contribution in [0.15, 0.2) is 15.5 Å². The maximum atomic E-state index is 12.0. The fraction of sp³-hybridized carbons (Fsp3) is 0.533. The van der Waals surface area contributed by atoms with E-state index in [4.69, 9.17) is 4.74 Å². The number of carbonyl (C=O) groups excluding carboxylic acids is 2. The van der Waals surface area contributed by atoms with Gasteiger partial charge in [0.25, 0.3) is 5.91 Å². The topological polar surface area (TPSA) is 79.5 Å². The second-order valence-electron chi connectivity index (χ2n) is 5.63. The van der Waals surface area contributed by atoms with E-state index < -0.39 is 11.4 Å². The summed E-state index contributed by atoms with van der Waals surface area (Å²) >= 11 is 3.12. The minimum atomic E-state index is -0.791. The summed E-state index contributed by atoms with van der Waals surface area (Å²) in [6.45, 7) is 4.84. The van der Waals surface area contributed by atoms with Gasteiger partial charge in [-0.15, -0.1) is 0 Å². The number of amides is 1. The number of esters is 1. The molecule has 0 bridgehead atoms. The van der Waals surface area contributed by atoms with Crippen molar-refractivity contribution in [3.63, 3.8) is 0 Å². The van der Waals surface area contributed by atoms with Crippen molar-refractivity contribution in [2.24, 2.45) is 5.92 Å². The number of nitrogens with one attached hydrogen (secondary N) is 1. The molecule has 0 unspecified atom stereocenters. The second-order valence-corrected chi connectivity index (χ2v) is 6.43. The average molecular weight is 371 g/mol. The molecule has 0 aliphatic carbocycles. The number of likely N-dealkylation sites (tertiary alicyclic amines) is 1. The normalized spacial score (nSPS) is 18.1. The minimum absolute atomic E-state index is 0.114. The third-order valence-corrected chi connectivity index (χ3v) is 4.72. The number of H-pyrrole nitrogens is 1. The van der Waals surface area contributed by atoms with Crippen LogP contribution < -0.4 is 5.43 Å². The van der Waals surface area contributed by atoms with Gasteiger partial charge in [0.15, 0.2) is 6.61 Å². The van der Waals surface area contributed by atoms with Crippen LogP contribution in [0.25, 0.3) is 0 Å². The summed E-state index contributed by atoms with van der Waals surface area (Å²) in [4.78, 5) is 40.5. The van der Waals surface area contributed by atoms with E-state index in [2.05, 4.69) is 27.8 Å². The summed E-state index contributed by atoms with van der Waals surface area (Å²) in [5, 5.41) is 0. The summed E-state index contributed by atoms with van der Waals surface area (Å²) in [5.74, 6) is -0.549. The SMILES string of the molecule is Cc1[nH]cc(C(=O)OCC(=O)N2CCC[C@H](C)C2)c(=O)c1Br. The Labute approximate surface area is 137 Å². The van der Waals surface area contributed by atoms with E-state index in [9.17, 15) is 14.4 Å². The molecule has 0 spiro atoms. The van der Waals surface area contributed by atoms with Crippen LogP contribution in [-0.4, -0.2) is 41.5 Å². The lowest BCUT2D eigenvalue weighted by atomic mass is 10.0. The number of hydrogen-bond acceptors (Lipinski definition) is 4. The number of pyridine rings is 1. The molecule has 6 nitrogen and oxygen atoms in total. The molecule has 1 N–H and O–H groups in total. The Morgan fingerprint density at radius 3 is 2.91 bits per heavy atom. The number of nitrogens with zero attached hydrogens (tertiary/aromatic N) is 1. The van der Waals surface area contributed by atoms with Crippen molar-refractivity contribution in [2.45, 2.75) is 26.7 Å². The Bertz CT molecular complexity index is 641. The molecule has 1 aromatic heterocycles. The van der Waals surface area contributed by atoms with Crippen molar-refractivity contribution in [1.29, 1.82) is 0 Å². The van der Waals surface area contributed by atoms with Gasteiger partial charge >= 0.3 is 5.97 Å². The van der Waals surface area contributed by atoms with Gasteiger partial charge < -0.3 is 14.6 Å². The Morgan fingerprint density at radius 1 is 1.50 bits per heavy atom. The van der Waals surface area contributed by atoms with Gasteiger partial charge in [0.2, 0.25) is 5.43 Å². The fourth-order valence-corrected chi connectivity index (χ4v) is 2.79. The predicted molar refractivity (Wildman–Crippen MR) is 84.8 cm³/mol. The number of ether oxygens (including phenoxy) is 1. The minimum Gasteiger partial charge on any atom is -0.452 e. The molecular weight excluding hydrogens is 352 g/mol. The van der Waals surface area contributed by atoms with Crippen LogP contribution in [0, 0.1) is 12.8 Å². The van der Waals surface area contributed by atoms with Gasteiger partial charge in [0.05, 0.1) is 4.47 Å². The fourth-order valence-electron chi connectivity index (χ4n) is 2.46. The van der Waals surface area contributed by atoms with Gasteiger partial charge in [-0.05, 0) is 41.6 Å². The van der Waals surface area contributed by atoms with Gasteiger partial charge in [-0.25, -0.2) is 4.79 Å². The summed E-state index contributed by atoms with van der Waals surface area (Å²) in [6, 6.07) is 0. The van der Waals surface area contributed by atoms with E-state index in [1.165, 1.54) is 6.20 Å². The highest BCUT2D eigenvalue weighted by molar-refractivity contribution is 9.10. The first kappa shape index (κ1) is 16.7. The highest BCUT2D eigenvalue weighted by atomic mass is 79.9. The van der Waals surface area contributed by atoms with Crippen molar-refractivity contribution < 1.29 is 14.3 Å². The molecule has 0 saturated carbocycles. The molecule has 0 radical (unpaired) electrons. The van der Waals surface area contributed by atoms with Crippen molar-refractivity contribution in [2.75, 3.05) is 19.7 Å². The monoisotopic (exact) mass is 370 g/mol. The Hall–Kier alpha value is -1.63. The van der Waals surface area contributed by atoms with Crippen molar-refractivity contribution in [1.82, 2.24) is 9.88 Å². The van der Waals surface area contributed by atoms with Gasteiger partial charge in [0.1, 0.15) is 5.56 Å². The van der Waals surface area contributed by atoms with E-state index >= 15 is 0 Å². The zero-order chi connectivity index (χ0) is 16.3. The molecule has 2 rings (SSSR count). The molecule has 22 heavy (non-hydrogen) atoms. The molecule has 7 heteroatoms. The largest absolute Gasteiger partial charge is 0.452 e. The third kappa shape index (κ3) is 3.76. The molecule has 1 aromatic rings. The van der Waals surface area contributed by atoms with Crippen LogP contribution in [0.4, 0.5) is 0 Å². The van der Waals surface area contributed by atoms with Crippen LogP contribution in [0.1, 0.15) is 35.8 Å². The van der Waals surface area contributed by atoms with Crippen LogP contribution in [-0.2, 0) is 9.53 Å². The molecule has 1 aliphatic heterocycles. The van der Waals surface area contributed by atoms with Crippen molar-refractivity contribution >= 4 is 27.8 Å². The molecule has 120 valence electrons. The quantitative estimate of drug-likeness (QED) is 0.823. The lowest BCUT2D eigenvalue weighted by Crippen LogP contribution is -2.41. The Balaban J connectivity index is 1.97. The maximum absolute atomic E-state index is 12.0. The van der Waals surface area contributed by atoms with Crippen LogP contribution in [0.5, 0.6) is 0 Å². The van der Waals surface area contributed by atoms with Crippen molar-refractivity contribution in [3.05, 3.63) is 32.2 Å². The molecule has 1 aliphatic rings. The van der Waals surface area contributed by atoms with Gasteiger partial charge in [-0.3, -0.25) is 9.59 Å². The molecular formula is C15H19BrN2O4. The number of piperidine rings is 1. The maximum Gasteiger partial charge on any atom is 0.344 e. The van der Waals surface area contributed by atoms with Gasteiger partial charge in [-0.2, -0.15) is 0 Å². The molecule has 2 heterocycles. The molecule has 1 fully saturated rings. The number of halogens is 1. The van der Waals surface area contributed by atoms with Gasteiger partial charge in [-0.1, -0.05) is 6.92 Å². The summed E-state index contributed by atoms with van der Waals surface area (Å²) in [7, 11) is 0. The second kappa shape index (κ2) is 7.09. The standard InChI is InChI=1S/C15H19BrN2O4/c1-9-4-3-5-18(7-9)12(19)8-22-15(21)11-6-17-10(2)13(16)14(11)20/h6,9H,3-5,7-8H2,1-2H3,(H,17,20)/t9-/m0/s1. The smallest absolute Gasteiger partial charge is 0.344 e. The Morgan fingerprint density at radius 2 is 2.23 bits per heavy atom. The van der Waals surface area contributed by atoms with Crippen molar-refractivity contribution in [3.8, 4) is 0 Å². The molecule has 1 amide bonds. The zero-order valence-corrected chi connectivity index (χ0v) is 14.2. The average Bonchev–Trinajstić information content (AvgIpc) is 2.50. The highest BCUT2D eigenvalue weighted by Gasteiger charge is 2.23. The molecule has 1 atom stereocenters. The van der Waals surface area contributed by atoms with E-state index in [1.807, 2.05) is 0 Å². The molecule has 0 aromatic carbocycles. The number of hydrogen-bond donors (Lipinski definition) is 1. The first-order valence-electron chi connectivity index (χ1n) is 7.22. The lowest BCUT2D eigenvalue weighted by molar-refractivity contribution is -0.136. The van der Waals surface area contributed by atoms with Crippen LogP contribution in [0.2, 0.25) is 0 Å². The summed E-state index contributed by atoms with van der Waals surface area (Å²) in [5.41, 5.74) is 0.0671. The first-order valence-corrected chi connectivity index (χ1v) is 8.02. The Kier molecular flexibility index (Phi) is 5.39. The number of aryl methyl sites for hydroxylation is 1. The first-order chi connectivity index (χ1) is 10.4. The van der Waals surface area contributed by atoms with E-state index in [0.29, 0.717) is 24.7 Å². The van der Waals surface area contributed by atoms with E-state index in [0.717, 1.165) is 12.8 Å². The number of rotatable bonds is 3. The van der Waals surface area contributed by atoms with E-state index in [-0.39, 0.29) is 22.6 Å². The third-order valence-electron chi connectivity index (χ3n) is 3.76. The lowest BCUT2D eigenvalue weighted by Gasteiger charge is -2.30. The zero-order valence-electron chi connectivity index (χ0n) is 12.6. The number of aromatic nitrogens is 1. The van der Waals surface area contributed by atoms with E-state index in [1.54, 1.807) is 11.8 Å². The summed E-state index contributed by atoms with van der Waals surface area (Å²) in [6.07, 6.45) is 3.37. The van der Waals surface area contributed by atoms with Gasteiger partial charge in [0, 0.05) is 25.0 Å². The number of aromatic amines is 1. The summed E-state index contributed by atoms with van der Waals surface area (Å²) < 4.78 is 5.27. The predicted octanol–water partition coefficient (Wildman–Crippen LogP) is 1.86. The molecule has 1 saturated heterocycles. The van der Waals surface area contributed by atoms with Crippen LogP contribution in [0.3, 0.4) is 0 Å². The number of carbonyl (C=O) groups is 2. The van der Waals surface area contributed by atoms with Crippen LogP contribution >= 0.6 is 15.9 Å².